The van der Waals surface area contributed by atoms with Crippen molar-refractivity contribution in [3.8, 4) is 11.5 Å². The number of methoxy groups -OCH3 is 2. The predicted octanol–water partition coefficient (Wildman–Crippen LogP) is 5.59. The van der Waals surface area contributed by atoms with E-state index in [2.05, 4.69) is 0 Å². The highest BCUT2D eigenvalue weighted by atomic mass is 19.1. The normalized spacial score (nSPS) is 17.2. The summed E-state index contributed by atoms with van der Waals surface area (Å²) in [6.07, 6.45) is 0. The van der Waals surface area contributed by atoms with Crippen LogP contribution in [0.2, 0.25) is 0 Å². The number of halogens is 1. The van der Waals surface area contributed by atoms with Crippen LogP contribution in [0.5, 0.6) is 11.5 Å². The largest absolute Gasteiger partial charge is 0.507 e. The number of benzene rings is 3. The molecule has 1 fully saturated rings. The Bertz CT molecular complexity index is 1330. The molecule has 0 spiro atoms. The van der Waals surface area contributed by atoms with Crippen molar-refractivity contribution in [1.29, 1.82) is 0 Å². The van der Waals surface area contributed by atoms with Crippen molar-refractivity contribution in [3.63, 3.8) is 0 Å². The molecule has 0 saturated carbocycles. The third kappa shape index (κ3) is 4.25. The summed E-state index contributed by atoms with van der Waals surface area (Å²) in [5.41, 5.74) is 1.78. The lowest BCUT2D eigenvalue weighted by molar-refractivity contribution is -0.132. The van der Waals surface area contributed by atoms with Gasteiger partial charge in [0.25, 0.3) is 11.7 Å². The zero-order chi connectivity index (χ0) is 25.3. The zero-order valence-electron chi connectivity index (χ0n) is 19.9. The van der Waals surface area contributed by atoms with Gasteiger partial charge in [-0.1, -0.05) is 38.1 Å². The highest BCUT2D eigenvalue weighted by molar-refractivity contribution is 6.51. The number of ether oxygens (including phenoxy) is 2. The molecule has 1 saturated heterocycles. The van der Waals surface area contributed by atoms with E-state index in [1.165, 1.54) is 30.2 Å². The van der Waals surface area contributed by atoms with Crippen LogP contribution < -0.4 is 14.4 Å². The van der Waals surface area contributed by atoms with Crippen LogP contribution in [-0.4, -0.2) is 31.0 Å². The lowest BCUT2D eigenvalue weighted by Crippen LogP contribution is -2.29. The van der Waals surface area contributed by atoms with Crippen molar-refractivity contribution in [3.05, 3.63) is 94.8 Å². The molecule has 1 heterocycles. The van der Waals surface area contributed by atoms with Gasteiger partial charge in [0.15, 0.2) is 0 Å². The highest BCUT2D eigenvalue weighted by Crippen LogP contribution is 2.45. The maximum Gasteiger partial charge on any atom is 0.300 e. The van der Waals surface area contributed by atoms with Crippen LogP contribution in [0, 0.1) is 5.82 Å². The fourth-order valence-electron chi connectivity index (χ4n) is 4.40. The molecule has 1 atom stereocenters. The quantitative estimate of drug-likeness (QED) is 0.286. The van der Waals surface area contributed by atoms with E-state index < -0.39 is 23.5 Å². The van der Waals surface area contributed by atoms with Gasteiger partial charge in [-0.3, -0.25) is 14.5 Å². The number of aliphatic hydroxyl groups excluding tert-OH is 1. The molecule has 1 aliphatic rings. The fraction of sp³-hybridized carbons (Fsp3) is 0.214. The number of ketones is 1. The summed E-state index contributed by atoms with van der Waals surface area (Å²) in [7, 11) is 3.04. The van der Waals surface area contributed by atoms with Crippen molar-refractivity contribution in [2.24, 2.45) is 0 Å². The number of aliphatic hydroxyl groups is 1. The molecule has 0 bridgehead atoms. The van der Waals surface area contributed by atoms with E-state index in [4.69, 9.17) is 9.47 Å². The highest BCUT2D eigenvalue weighted by Gasteiger charge is 2.48. The molecule has 7 heteroatoms. The van der Waals surface area contributed by atoms with Gasteiger partial charge in [0.2, 0.25) is 0 Å². The fourth-order valence-corrected chi connectivity index (χ4v) is 4.40. The van der Waals surface area contributed by atoms with Crippen LogP contribution in [-0.2, 0) is 9.59 Å². The molecular weight excluding hydrogens is 449 g/mol. The zero-order valence-corrected chi connectivity index (χ0v) is 19.9. The minimum Gasteiger partial charge on any atom is -0.507 e. The van der Waals surface area contributed by atoms with E-state index in [-0.39, 0.29) is 22.9 Å². The Kier molecular flexibility index (Phi) is 6.60. The van der Waals surface area contributed by atoms with Gasteiger partial charge in [-0.15, -0.1) is 0 Å². The van der Waals surface area contributed by atoms with E-state index in [0.717, 1.165) is 5.56 Å². The topological polar surface area (TPSA) is 76.1 Å². The molecule has 35 heavy (non-hydrogen) atoms. The van der Waals surface area contributed by atoms with E-state index >= 15 is 0 Å². The van der Waals surface area contributed by atoms with Gasteiger partial charge in [0, 0.05) is 16.8 Å². The lowest BCUT2D eigenvalue weighted by atomic mass is 9.92. The number of para-hydroxylation sites is 1. The molecule has 3 aromatic rings. The summed E-state index contributed by atoms with van der Waals surface area (Å²) >= 11 is 0. The Morgan fingerprint density at radius 1 is 0.943 bits per heavy atom. The second kappa shape index (κ2) is 9.62. The van der Waals surface area contributed by atoms with Crippen LogP contribution in [0.3, 0.4) is 0 Å². The maximum atomic E-state index is 14.1. The smallest absolute Gasteiger partial charge is 0.300 e. The SMILES string of the molecule is COc1ccc(/C(O)=C2\C(=O)C(=O)N(c3cccc(F)c3)C2c2ccccc2OC)cc1C(C)C. The third-order valence-electron chi connectivity index (χ3n) is 6.09. The van der Waals surface area contributed by atoms with Gasteiger partial charge in [0.1, 0.15) is 23.1 Å². The Hall–Kier alpha value is -4.13. The monoisotopic (exact) mass is 475 g/mol. The van der Waals surface area contributed by atoms with E-state index in [0.29, 0.717) is 22.6 Å². The molecule has 3 aromatic carbocycles. The number of carbonyl (C=O) groups is 2. The van der Waals surface area contributed by atoms with Crippen molar-refractivity contribution < 1.29 is 28.6 Å². The number of nitrogens with zero attached hydrogens (tertiary/aromatic N) is 1. The standard InChI is InChI=1S/C28H26FNO5/c1-16(2)21-14-17(12-13-23(21)35-4)26(31)24-25(20-10-5-6-11-22(20)34-3)30(28(33)27(24)32)19-9-7-8-18(29)15-19/h5-16,25,31H,1-4H3/b26-24+. The van der Waals surface area contributed by atoms with Gasteiger partial charge >= 0.3 is 0 Å². The van der Waals surface area contributed by atoms with Crippen molar-refractivity contribution in [1.82, 2.24) is 0 Å². The number of amides is 1. The number of anilines is 1. The molecule has 0 aromatic heterocycles. The summed E-state index contributed by atoms with van der Waals surface area (Å²) < 4.78 is 25.1. The van der Waals surface area contributed by atoms with Gasteiger partial charge < -0.3 is 14.6 Å². The molecule has 180 valence electrons. The number of hydrogen-bond acceptors (Lipinski definition) is 5. The molecule has 0 aliphatic carbocycles. The number of Topliss-reactive ketones (excluding diaryl/α,β-unsaturated/α-hetero) is 1. The maximum absolute atomic E-state index is 14.1. The first kappa shape index (κ1) is 24.0. The van der Waals surface area contributed by atoms with Gasteiger partial charge in [-0.25, -0.2) is 4.39 Å². The third-order valence-corrected chi connectivity index (χ3v) is 6.09. The Balaban J connectivity index is 1.99. The number of rotatable bonds is 6. The van der Waals surface area contributed by atoms with E-state index in [9.17, 15) is 19.1 Å². The minimum absolute atomic E-state index is 0.0809. The first-order valence-corrected chi connectivity index (χ1v) is 11.2. The summed E-state index contributed by atoms with van der Waals surface area (Å²) in [5, 5.41) is 11.4. The Morgan fingerprint density at radius 3 is 2.31 bits per heavy atom. The molecule has 1 N–H and O–H groups in total. The van der Waals surface area contributed by atoms with Crippen LogP contribution >= 0.6 is 0 Å². The average molecular weight is 476 g/mol. The second-order valence-corrected chi connectivity index (χ2v) is 8.50. The van der Waals surface area contributed by atoms with E-state index in [1.807, 2.05) is 13.8 Å². The van der Waals surface area contributed by atoms with Gasteiger partial charge in [-0.05, 0) is 53.9 Å². The Labute approximate surface area is 203 Å². The average Bonchev–Trinajstić information content (AvgIpc) is 3.13. The first-order chi connectivity index (χ1) is 16.8. The van der Waals surface area contributed by atoms with Crippen LogP contribution in [0.15, 0.2) is 72.3 Å². The summed E-state index contributed by atoms with van der Waals surface area (Å²) in [6.45, 7) is 3.97. The molecule has 6 nitrogen and oxygen atoms in total. The minimum atomic E-state index is -1.03. The predicted molar refractivity (Wildman–Crippen MR) is 131 cm³/mol. The van der Waals surface area contributed by atoms with Crippen LogP contribution in [0.25, 0.3) is 5.76 Å². The van der Waals surface area contributed by atoms with Crippen molar-refractivity contribution in [2.45, 2.75) is 25.8 Å². The summed E-state index contributed by atoms with van der Waals surface area (Å²) in [5.74, 6) is -1.47. The van der Waals surface area contributed by atoms with Gasteiger partial charge in [0.05, 0.1) is 25.8 Å². The molecule has 1 aliphatic heterocycles. The van der Waals surface area contributed by atoms with Crippen LogP contribution in [0.1, 0.15) is 42.5 Å². The van der Waals surface area contributed by atoms with E-state index in [1.54, 1.807) is 55.6 Å². The summed E-state index contributed by atoms with van der Waals surface area (Å²) in [4.78, 5) is 27.8. The van der Waals surface area contributed by atoms with Crippen molar-refractivity contribution >= 4 is 23.1 Å². The molecule has 1 amide bonds. The van der Waals surface area contributed by atoms with Gasteiger partial charge in [-0.2, -0.15) is 0 Å². The molecule has 1 unspecified atom stereocenters. The number of hydrogen-bond donors (Lipinski definition) is 1. The summed E-state index contributed by atoms with van der Waals surface area (Å²) in [6, 6.07) is 16.4. The first-order valence-electron chi connectivity index (χ1n) is 11.2. The Morgan fingerprint density at radius 2 is 1.66 bits per heavy atom. The molecular formula is C28H26FNO5. The van der Waals surface area contributed by atoms with Crippen molar-refractivity contribution in [2.75, 3.05) is 19.1 Å². The van der Waals surface area contributed by atoms with Crippen LogP contribution in [0.4, 0.5) is 10.1 Å². The molecule has 4 rings (SSSR count). The molecule has 0 radical (unpaired) electrons. The second-order valence-electron chi connectivity index (χ2n) is 8.50. The lowest BCUT2D eigenvalue weighted by Gasteiger charge is -2.26. The number of carbonyl (C=O) groups excluding carboxylic acids is 2.